The van der Waals surface area contributed by atoms with E-state index in [-0.39, 0.29) is 30.7 Å². The first kappa shape index (κ1) is 13.6. The summed E-state index contributed by atoms with van der Waals surface area (Å²) < 4.78 is 56.2. The number of hydrogen-bond acceptors (Lipinski definition) is 3. The van der Waals surface area contributed by atoms with Gasteiger partial charge in [-0.2, -0.15) is 13.2 Å². The van der Waals surface area contributed by atoms with Crippen molar-refractivity contribution in [1.82, 2.24) is 0 Å². The number of nitrogens with two attached hydrogens (primary N) is 1. The van der Waals surface area contributed by atoms with Crippen molar-refractivity contribution < 1.29 is 22.3 Å². The van der Waals surface area contributed by atoms with Gasteiger partial charge >= 0.3 is 6.18 Å². The van der Waals surface area contributed by atoms with Crippen LogP contribution in [0.3, 0.4) is 0 Å². The highest BCUT2D eigenvalue weighted by atomic mass is 19.4. The summed E-state index contributed by atoms with van der Waals surface area (Å²) in [5, 5.41) is 0. The Bertz CT molecular complexity index is 499. The van der Waals surface area contributed by atoms with Crippen LogP contribution in [0.15, 0.2) is 23.2 Å². The van der Waals surface area contributed by atoms with E-state index in [9.17, 15) is 17.6 Å². The minimum atomic E-state index is -4.68. The molecule has 1 aliphatic heterocycles. The maximum absolute atomic E-state index is 13.7. The second kappa shape index (κ2) is 5.07. The van der Waals surface area contributed by atoms with Gasteiger partial charge in [0.05, 0.1) is 11.6 Å². The molecule has 0 aromatic heterocycles. The Balaban J connectivity index is 2.09. The number of nitrogens with zero attached hydrogens (tertiary/aromatic N) is 1. The van der Waals surface area contributed by atoms with Gasteiger partial charge in [-0.25, -0.2) is 9.38 Å². The molecule has 19 heavy (non-hydrogen) atoms. The lowest BCUT2D eigenvalue weighted by Crippen LogP contribution is -2.12. The van der Waals surface area contributed by atoms with Crippen molar-refractivity contribution in [2.75, 3.05) is 6.61 Å². The fraction of sp³-hybridized carbons (Fsp3) is 0.417. The summed E-state index contributed by atoms with van der Waals surface area (Å²) in [6, 6.07) is 3.11. The predicted molar refractivity (Wildman–Crippen MR) is 61.1 cm³/mol. The molecule has 7 heteroatoms. The molecule has 0 spiro atoms. The lowest BCUT2D eigenvalue weighted by atomic mass is 10.0. The third-order valence-electron chi connectivity index (χ3n) is 2.86. The average molecular weight is 276 g/mol. The second-order valence-electron chi connectivity index (χ2n) is 4.25. The second-order valence-corrected chi connectivity index (χ2v) is 4.25. The molecule has 1 aromatic rings. The number of rotatable bonds is 3. The van der Waals surface area contributed by atoms with Gasteiger partial charge in [0, 0.05) is 0 Å². The number of aryl methyl sites for hydroxylation is 1. The molecule has 1 aromatic carbocycles. The Morgan fingerprint density at radius 3 is 2.68 bits per heavy atom. The number of aliphatic imine (C=N–C) groups is 1. The number of halogens is 4. The molecular weight excluding hydrogens is 264 g/mol. The SMILES string of the molecule is NC1=N[C@@H](CCc2cccc(C(F)(F)F)c2F)CO1. The van der Waals surface area contributed by atoms with Crippen LogP contribution in [-0.4, -0.2) is 18.7 Å². The van der Waals surface area contributed by atoms with Gasteiger partial charge in [0.2, 0.25) is 0 Å². The van der Waals surface area contributed by atoms with Gasteiger partial charge < -0.3 is 10.5 Å². The van der Waals surface area contributed by atoms with Gasteiger partial charge in [0.15, 0.2) is 0 Å². The number of benzene rings is 1. The van der Waals surface area contributed by atoms with Gasteiger partial charge in [-0.15, -0.1) is 0 Å². The first-order valence-corrected chi connectivity index (χ1v) is 5.68. The molecule has 2 N–H and O–H groups in total. The van der Waals surface area contributed by atoms with Crippen molar-refractivity contribution in [2.45, 2.75) is 25.1 Å². The van der Waals surface area contributed by atoms with E-state index in [0.717, 1.165) is 6.07 Å². The normalized spacial score (nSPS) is 19.2. The molecule has 0 bridgehead atoms. The lowest BCUT2D eigenvalue weighted by molar-refractivity contribution is -0.140. The summed E-state index contributed by atoms with van der Waals surface area (Å²) in [5.41, 5.74) is 4.09. The monoisotopic (exact) mass is 276 g/mol. The molecular formula is C12H12F4N2O. The smallest absolute Gasteiger partial charge is 0.419 e. The Labute approximate surface area is 107 Å². The van der Waals surface area contributed by atoms with E-state index in [1.165, 1.54) is 12.1 Å². The zero-order valence-corrected chi connectivity index (χ0v) is 9.88. The molecule has 0 fully saturated rings. The van der Waals surface area contributed by atoms with Gasteiger partial charge in [-0.05, 0) is 24.5 Å². The average Bonchev–Trinajstić information content (AvgIpc) is 2.72. The fourth-order valence-electron chi connectivity index (χ4n) is 1.90. The van der Waals surface area contributed by atoms with Crippen molar-refractivity contribution in [3.8, 4) is 0 Å². The quantitative estimate of drug-likeness (QED) is 0.862. The van der Waals surface area contributed by atoms with Crippen LogP contribution >= 0.6 is 0 Å². The van der Waals surface area contributed by atoms with E-state index >= 15 is 0 Å². The number of ether oxygens (including phenoxy) is 1. The number of hydrogen-bond donors (Lipinski definition) is 1. The first-order chi connectivity index (χ1) is 8.88. The van der Waals surface area contributed by atoms with Crippen LogP contribution < -0.4 is 5.73 Å². The van der Waals surface area contributed by atoms with Crippen molar-refractivity contribution >= 4 is 6.02 Å². The molecule has 0 saturated carbocycles. The Morgan fingerprint density at radius 1 is 1.37 bits per heavy atom. The topological polar surface area (TPSA) is 47.6 Å². The predicted octanol–water partition coefficient (Wildman–Crippen LogP) is 2.49. The zero-order valence-electron chi connectivity index (χ0n) is 9.88. The molecule has 0 radical (unpaired) electrons. The molecule has 0 amide bonds. The van der Waals surface area contributed by atoms with E-state index in [4.69, 9.17) is 10.5 Å². The van der Waals surface area contributed by atoms with Crippen LogP contribution in [0.4, 0.5) is 17.6 Å². The van der Waals surface area contributed by atoms with Crippen molar-refractivity contribution in [3.63, 3.8) is 0 Å². The van der Waals surface area contributed by atoms with E-state index < -0.39 is 17.6 Å². The number of amidine groups is 1. The summed E-state index contributed by atoms with van der Waals surface area (Å²) in [6.45, 7) is 0.284. The van der Waals surface area contributed by atoms with Gasteiger partial charge in [0.25, 0.3) is 6.02 Å². The van der Waals surface area contributed by atoms with Crippen molar-refractivity contribution in [1.29, 1.82) is 0 Å². The van der Waals surface area contributed by atoms with Crippen LogP contribution in [0.5, 0.6) is 0 Å². The standard InChI is InChI=1S/C12H12F4N2O/c13-10-7(2-1-3-9(10)12(14,15)16)4-5-8-6-19-11(17)18-8/h1-3,8H,4-6H2,(H2,17,18)/t8-/m0/s1. The first-order valence-electron chi connectivity index (χ1n) is 5.68. The molecule has 3 nitrogen and oxygen atoms in total. The largest absolute Gasteiger partial charge is 0.463 e. The van der Waals surface area contributed by atoms with Crippen molar-refractivity contribution in [3.05, 3.63) is 35.1 Å². The van der Waals surface area contributed by atoms with Crippen LogP contribution in [0.2, 0.25) is 0 Å². The molecule has 1 atom stereocenters. The summed E-state index contributed by atoms with van der Waals surface area (Å²) in [5.74, 6) is -1.22. The van der Waals surface area contributed by atoms with E-state index in [0.29, 0.717) is 6.42 Å². The lowest BCUT2D eigenvalue weighted by Gasteiger charge is -2.11. The van der Waals surface area contributed by atoms with Crippen LogP contribution in [0, 0.1) is 5.82 Å². The van der Waals surface area contributed by atoms with Crippen LogP contribution in [0.1, 0.15) is 17.5 Å². The molecule has 2 rings (SSSR count). The summed E-state index contributed by atoms with van der Waals surface area (Å²) >= 11 is 0. The molecule has 1 aliphatic rings. The molecule has 0 aliphatic carbocycles. The third kappa shape index (κ3) is 3.15. The summed E-state index contributed by atoms with van der Waals surface area (Å²) in [7, 11) is 0. The highest BCUT2D eigenvalue weighted by molar-refractivity contribution is 5.72. The maximum Gasteiger partial charge on any atom is 0.419 e. The van der Waals surface area contributed by atoms with Crippen molar-refractivity contribution in [2.24, 2.45) is 10.7 Å². The Morgan fingerprint density at radius 2 is 2.11 bits per heavy atom. The summed E-state index contributed by atoms with van der Waals surface area (Å²) in [6.07, 6.45) is -4.14. The summed E-state index contributed by atoms with van der Waals surface area (Å²) in [4.78, 5) is 3.93. The van der Waals surface area contributed by atoms with Crippen LogP contribution in [0.25, 0.3) is 0 Å². The molecule has 0 saturated heterocycles. The van der Waals surface area contributed by atoms with Gasteiger partial charge in [-0.1, -0.05) is 12.1 Å². The minimum Gasteiger partial charge on any atom is -0.463 e. The zero-order chi connectivity index (χ0) is 14.0. The van der Waals surface area contributed by atoms with E-state index in [1.54, 1.807) is 0 Å². The fourth-order valence-corrected chi connectivity index (χ4v) is 1.90. The number of alkyl halides is 3. The highest BCUT2D eigenvalue weighted by Gasteiger charge is 2.34. The molecule has 104 valence electrons. The van der Waals surface area contributed by atoms with E-state index in [1.807, 2.05) is 0 Å². The molecule has 0 unspecified atom stereocenters. The molecule has 1 heterocycles. The Kier molecular flexibility index (Phi) is 3.64. The van der Waals surface area contributed by atoms with Crippen LogP contribution in [-0.2, 0) is 17.3 Å². The minimum absolute atomic E-state index is 0.0236. The van der Waals surface area contributed by atoms with Gasteiger partial charge in [-0.3, -0.25) is 0 Å². The third-order valence-corrected chi connectivity index (χ3v) is 2.86. The maximum atomic E-state index is 13.7. The highest BCUT2D eigenvalue weighted by Crippen LogP contribution is 2.32. The van der Waals surface area contributed by atoms with Gasteiger partial charge in [0.1, 0.15) is 12.4 Å². The van der Waals surface area contributed by atoms with E-state index in [2.05, 4.69) is 4.99 Å². The Hall–Kier alpha value is -1.79.